The number of halogens is 1. The molecular weight excluding hydrogens is 333 g/mol. The standard InChI is InChI=1S/C20H32FN3O2/c1-15-10-19(26-23-15)14-24-13-16(21)11-18(24)12-22-17-2-4-20(5-3-17)6-8-25-9-7-20/h10,16-18,22H,2-9,11-14H2,1H3/t16-,18-/m0/s1. The Morgan fingerprint density at radius 2 is 2.04 bits per heavy atom. The van der Waals surface area contributed by atoms with Gasteiger partial charge in [0.1, 0.15) is 6.17 Å². The molecule has 0 amide bonds. The first-order valence-corrected chi connectivity index (χ1v) is 10.2. The van der Waals surface area contributed by atoms with E-state index in [0.29, 0.717) is 31.0 Å². The van der Waals surface area contributed by atoms with Crippen LogP contribution in [0.5, 0.6) is 0 Å². The maximum atomic E-state index is 14.0. The van der Waals surface area contributed by atoms with E-state index >= 15 is 0 Å². The number of aryl methyl sites for hydroxylation is 1. The normalized spacial score (nSPS) is 30.2. The molecule has 1 saturated carbocycles. The van der Waals surface area contributed by atoms with Crippen molar-refractivity contribution >= 4 is 0 Å². The first kappa shape index (κ1) is 18.4. The van der Waals surface area contributed by atoms with Gasteiger partial charge in [0.2, 0.25) is 0 Å². The number of likely N-dealkylation sites (tertiary alicyclic amines) is 1. The van der Waals surface area contributed by atoms with Crippen molar-refractivity contribution in [2.24, 2.45) is 5.41 Å². The Morgan fingerprint density at radius 3 is 2.73 bits per heavy atom. The van der Waals surface area contributed by atoms with E-state index in [0.717, 1.165) is 31.2 Å². The number of alkyl halides is 1. The highest BCUT2D eigenvalue weighted by molar-refractivity contribution is 5.04. The fraction of sp³-hybridized carbons (Fsp3) is 0.850. The van der Waals surface area contributed by atoms with Crippen LogP contribution in [0.4, 0.5) is 4.39 Å². The number of aromatic nitrogens is 1. The summed E-state index contributed by atoms with van der Waals surface area (Å²) in [6.45, 7) is 5.82. The van der Waals surface area contributed by atoms with Crippen LogP contribution in [-0.4, -0.2) is 54.6 Å². The third-order valence-electron chi connectivity index (χ3n) is 6.75. The Hall–Kier alpha value is -0.980. The topological polar surface area (TPSA) is 50.5 Å². The summed E-state index contributed by atoms with van der Waals surface area (Å²) in [6, 6.07) is 2.77. The van der Waals surface area contributed by atoms with Gasteiger partial charge in [0.05, 0.1) is 12.2 Å². The van der Waals surface area contributed by atoms with Crippen LogP contribution in [0.15, 0.2) is 10.6 Å². The first-order valence-electron chi connectivity index (χ1n) is 10.2. The molecule has 5 nitrogen and oxygen atoms in total. The van der Waals surface area contributed by atoms with Gasteiger partial charge >= 0.3 is 0 Å². The van der Waals surface area contributed by atoms with Gasteiger partial charge in [-0.3, -0.25) is 4.90 Å². The molecule has 1 aliphatic carbocycles. The van der Waals surface area contributed by atoms with Crippen molar-refractivity contribution in [2.75, 3.05) is 26.3 Å². The van der Waals surface area contributed by atoms with Crippen LogP contribution < -0.4 is 5.32 Å². The average Bonchev–Trinajstić information content (AvgIpc) is 3.20. The van der Waals surface area contributed by atoms with E-state index in [1.54, 1.807) is 0 Å². The van der Waals surface area contributed by atoms with E-state index in [4.69, 9.17) is 9.26 Å². The van der Waals surface area contributed by atoms with Crippen LogP contribution in [0.3, 0.4) is 0 Å². The zero-order chi connectivity index (χ0) is 18.0. The fourth-order valence-corrected chi connectivity index (χ4v) is 5.06. The van der Waals surface area contributed by atoms with E-state index in [2.05, 4.69) is 15.4 Å². The van der Waals surface area contributed by atoms with E-state index in [-0.39, 0.29) is 6.04 Å². The fourth-order valence-electron chi connectivity index (χ4n) is 5.06. The summed E-state index contributed by atoms with van der Waals surface area (Å²) < 4.78 is 24.9. The van der Waals surface area contributed by atoms with Gasteiger partial charge in [0.25, 0.3) is 0 Å². The highest BCUT2D eigenvalue weighted by atomic mass is 19.1. The number of hydrogen-bond donors (Lipinski definition) is 1. The molecule has 3 aliphatic rings. The third-order valence-corrected chi connectivity index (χ3v) is 6.75. The van der Waals surface area contributed by atoms with Crippen molar-refractivity contribution in [1.82, 2.24) is 15.4 Å². The van der Waals surface area contributed by atoms with Crippen LogP contribution in [0.25, 0.3) is 0 Å². The smallest absolute Gasteiger partial charge is 0.150 e. The molecule has 146 valence electrons. The van der Waals surface area contributed by atoms with Gasteiger partial charge in [-0.05, 0) is 57.3 Å². The van der Waals surface area contributed by atoms with Gasteiger partial charge in [0.15, 0.2) is 5.76 Å². The van der Waals surface area contributed by atoms with Gasteiger partial charge < -0.3 is 14.6 Å². The van der Waals surface area contributed by atoms with Crippen LogP contribution in [0.1, 0.15) is 56.4 Å². The maximum absolute atomic E-state index is 14.0. The number of hydrogen-bond acceptors (Lipinski definition) is 5. The van der Waals surface area contributed by atoms with Crippen molar-refractivity contribution in [2.45, 2.75) is 76.7 Å². The summed E-state index contributed by atoms with van der Waals surface area (Å²) in [4.78, 5) is 2.21. The number of ether oxygens (including phenoxy) is 1. The molecule has 26 heavy (non-hydrogen) atoms. The lowest BCUT2D eigenvalue weighted by Crippen LogP contribution is -2.45. The largest absolute Gasteiger partial charge is 0.381 e. The van der Waals surface area contributed by atoms with Gasteiger partial charge in [-0.15, -0.1) is 0 Å². The van der Waals surface area contributed by atoms with Crippen LogP contribution in [-0.2, 0) is 11.3 Å². The predicted molar refractivity (Wildman–Crippen MR) is 97.7 cm³/mol. The summed E-state index contributed by atoms with van der Waals surface area (Å²) >= 11 is 0. The molecular formula is C20H32FN3O2. The molecule has 0 aromatic carbocycles. The molecule has 3 fully saturated rings. The predicted octanol–water partition coefficient (Wildman–Crippen LogP) is 3.22. The Morgan fingerprint density at radius 1 is 1.27 bits per heavy atom. The SMILES string of the molecule is Cc1cc(CN2C[C@@H](F)C[C@H]2CNC2CCC3(CCOCC3)CC2)on1. The molecule has 2 aliphatic heterocycles. The van der Waals surface area contributed by atoms with Crippen LogP contribution in [0, 0.1) is 12.3 Å². The van der Waals surface area contributed by atoms with Crippen molar-refractivity contribution < 1.29 is 13.7 Å². The molecule has 2 atom stereocenters. The van der Waals surface area contributed by atoms with Gasteiger partial charge in [-0.1, -0.05) is 5.16 Å². The van der Waals surface area contributed by atoms with Gasteiger partial charge in [-0.25, -0.2) is 4.39 Å². The summed E-state index contributed by atoms with van der Waals surface area (Å²) in [7, 11) is 0. The monoisotopic (exact) mass is 365 g/mol. The Balaban J connectivity index is 1.25. The van der Waals surface area contributed by atoms with Crippen molar-refractivity contribution in [3.63, 3.8) is 0 Å². The number of nitrogens with one attached hydrogen (secondary N) is 1. The van der Waals surface area contributed by atoms with Gasteiger partial charge in [0, 0.05) is 44.5 Å². The third kappa shape index (κ3) is 4.29. The van der Waals surface area contributed by atoms with E-state index in [1.165, 1.54) is 38.5 Å². The molecule has 0 bridgehead atoms. The molecule has 2 saturated heterocycles. The zero-order valence-electron chi connectivity index (χ0n) is 15.9. The molecule has 6 heteroatoms. The second kappa shape index (κ2) is 7.95. The van der Waals surface area contributed by atoms with E-state index in [9.17, 15) is 4.39 Å². The minimum absolute atomic E-state index is 0.245. The second-order valence-corrected chi connectivity index (χ2v) is 8.65. The Labute approximate surface area is 155 Å². The summed E-state index contributed by atoms with van der Waals surface area (Å²) in [5.74, 6) is 0.834. The summed E-state index contributed by atoms with van der Waals surface area (Å²) in [6.07, 6.45) is 7.46. The van der Waals surface area contributed by atoms with Crippen LogP contribution >= 0.6 is 0 Å². The van der Waals surface area contributed by atoms with E-state index < -0.39 is 6.17 Å². The Bertz CT molecular complexity index is 577. The highest BCUT2D eigenvalue weighted by Gasteiger charge is 2.37. The van der Waals surface area contributed by atoms with Crippen LogP contribution in [0.2, 0.25) is 0 Å². The lowest BCUT2D eigenvalue weighted by Gasteiger charge is -2.43. The molecule has 3 heterocycles. The van der Waals surface area contributed by atoms with E-state index in [1.807, 2.05) is 13.0 Å². The summed E-state index contributed by atoms with van der Waals surface area (Å²) in [5.41, 5.74) is 1.43. The molecule has 1 N–H and O–H groups in total. The van der Waals surface area contributed by atoms with Gasteiger partial charge in [-0.2, -0.15) is 0 Å². The lowest BCUT2D eigenvalue weighted by atomic mass is 9.68. The molecule has 4 rings (SSSR count). The molecule has 0 radical (unpaired) electrons. The average molecular weight is 365 g/mol. The first-order chi connectivity index (χ1) is 12.6. The quantitative estimate of drug-likeness (QED) is 0.868. The van der Waals surface area contributed by atoms with Crippen molar-refractivity contribution in [3.05, 3.63) is 17.5 Å². The number of rotatable bonds is 5. The molecule has 1 aromatic heterocycles. The zero-order valence-corrected chi connectivity index (χ0v) is 15.9. The maximum Gasteiger partial charge on any atom is 0.150 e. The second-order valence-electron chi connectivity index (χ2n) is 8.65. The van der Waals surface area contributed by atoms with Crippen molar-refractivity contribution in [1.29, 1.82) is 0 Å². The Kier molecular flexibility index (Phi) is 5.62. The number of nitrogens with zero attached hydrogens (tertiary/aromatic N) is 2. The molecule has 1 spiro atoms. The van der Waals surface area contributed by atoms with Crippen molar-refractivity contribution in [3.8, 4) is 0 Å². The summed E-state index contributed by atoms with van der Waals surface area (Å²) in [5, 5.41) is 7.68. The molecule has 1 aromatic rings. The highest BCUT2D eigenvalue weighted by Crippen LogP contribution is 2.44. The lowest BCUT2D eigenvalue weighted by molar-refractivity contribution is -0.00949. The molecule has 0 unspecified atom stereocenters. The minimum atomic E-state index is -0.734. The minimum Gasteiger partial charge on any atom is -0.381 e.